The highest BCUT2D eigenvalue weighted by Crippen LogP contribution is 2.13. The number of benzene rings is 1. The summed E-state index contributed by atoms with van der Waals surface area (Å²) in [5, 5.41) is 33.5. The Morgan fingerprint density at radius 2 is 2.00 bits per heavy atom. The van der Waals surface area contributed by atoms with E-state index in [0.717, 1.165) is 0 Å². The molecule has 1 atom stereocenters. The molecule has 2 aromatic rings. The number of aromatic amines is 1. The lowest BCUT2D eigenvalue weighted by molar-refractivity contribution is -0.146. The maximum atomic E-state index is 11.8. The second-order valence-corrected chi connectivity index (χ2v) is 4.21. The molecule has 1 aromatic carbocycles. The van der Waals surface area contributed by atoms with Gasteiger partial charge >= 0.3 is 5.97 Å². The summed E-state index contributed by atoms with van der Waals surface area (Å²) >= 11 is 0. The summed E-state index contributed by atoms with van der Waals surface area (Å²) in [4.78, 5) is 22.2. The largest absolute Gasteiger partial charge is 0.479 e. The summed E-state index contributed by atoms with van der Waals surface area (Å²) in [6.07, 6.45) is -1.53. The maximum Gasteiger partial charge on any atom is 0.332 e. The number of carboxylic acid groups (broad SMARTS) is 1. The number of aliphatic hydroxyl groups is 1. The van der Waals surface area contributed by atoms with Crippen molar-refractivity contribution >= 4 is 11.9 Å². The third-order valence-electron chi connectivity index (χ3n) is 2.74. The number of amides is 1. The monoisotopic (exact) mass is 291 g/mol. The summed E-state index contributed by atoms with van der Waals surface area (Å²) in [6.45, 7) is 0.0683. The molecule has 9 nitrogen and oxygen atoms in total. The zero-order chi connectivity index (χ0) is 15.2. The number of H-pyrrole nitrogens is 1. The molecule has 1 amide bonds. The molecule has 0 bridgehead atoms. The van der Waals surface area contributed by atoms with Crippen LogP contribution in [0.4, 0.5) is 0 Å². The Balaban J connectivity index is 1.90. The Bertz CT molecular complexity index is 611. The number of aliphatic carboxylic acids is 1. The highest BCUT2D eigenvalue weighted by atomic mass is 16.4. The number of nitrogens with one attached hydrogen (secondary N) is 2. The van der Waals surface area contributed by atoms with Crippen LogP contribution in [0.25, 0.3) is 11.4 Å². The van der Waals surface area contributed by atoms with Crippen LogP contribution in [-0.4, -0.2) is 55.4 Å². The molecule has 1 aromatic heterocycles. The van der Waals surface area contributed by atoms with E-state index in [-0.39, 0.29) is 18.9 Å². The molecule has 0 radical (unpaired) electrons. The van der Waals surface area contributed by atoms with Crippen molar-refractivity contribution in [2.24, 2.45) is 0 Å². The highest BCUT2D eigenvalue weighted by Gasteiger charge is 2.13. The minimum absolute atomic E-state index is 0.0536. The number of carboxylic acids is 1. The first-order valence-corrected chi connectivity index (χ1v) is 6.11. The first-order chi connectivity index (χ1) is 10.1. The maximum absolute atomic E-state index is 11.8. The highest BCUT2D eigenvalue weighted by molar-refractivity contribution is 5.94. The van der Waals surface area contributed by atoms with Crippen LogP contribution in [0.2, 0.25) is 0 Å². The smallest absolute Gasteiger partial charge is 0.332 e. The van der Waals surface area contributed by atoms with Gasteiger partial charge in [0.2, 0.25) is 5.82 Å². The Hall–Kier alpha value is -2.81. The topological polar surface area (TPSA) is 141 Å². The van der Waals surface area contributed by atoms with Crippen LogP contribution in [0.3, 0.4) is 0 Å². The second kappa shape index (κ2) is 6.57. The normalized spacial score (nSPS) is 11.9. The number of hydrogen-bond acceptors (Lipinski definition) is 6. The lowest BCUT2D eigenvalue weighted by atomic mass is 10.1. The zero-order valence-electron chi connectivity index (χ0n) is 10.9. The lowest BCUT2D eigenvalue weighted by Crippen LogP contribution is -2.30. The van der Waals surface area contributed by atoms with Gasteiger partial charge in [0, 0.05) is 24.1 Å². The number of aliphatic hydroxyl groups excluding tert-OH is 1. The standard InChI is InChI=1S/C12H13N5O4/c18-9(12(20)21)5-6-13-11(19)8-3-1-7(2-4-8)10-14-16-17-15-10/h1-4,9,18H,5-6H2,(H,13,19)(H,20,21)(H,14,15,16,17)/t9-/m0/s1. The van der Waals surface area contributed by atoms with E-state index in [0.29, 0.717) is 17.0 Å². The molecule has 0 aliphatic heterocycles. The van der Waals surface area contributed by atoms with Gasteiger partial charge in [-0.25, -0.2) is 4.79 Å². The van der Waals surface area contributed by atoms with Gasteiger partial charge in [0.1, 0.15) is 0 Å². The van der Waals surface area contributed by atoms with E-state index in [1.807, 2.05) is 0 Å². The molecule has 0 saturated heterocycles. The van der Waals surface area contributed by atoms with Crippen molar-refractivity contribution in [3.05, 3.63) is 29.8 Å². The fourth-order valence-electron chi connectivity index (χ4n) is 1.60. The van der Waals surface area contributed by atoms with Crippen molar-refractivity contribution in [3.8, 4) is 11.4 Å². The van der Waals surface area contributed by atoms with Gasteiger partial charge in [-0.15, -0.1) is 10.2 Å². The van der Waals surface area contributed by atoms with Crippen molar-refractivity contribution in [2.45, 2.75) is 12.5 Å². The van der Waals surface area contributed by atoms with Gasteiger partial charge in [-0.05, 0) is 17.3 Å². The Morgan fingerprint density at radius 3 is 2.57 bits per heavy atom. The summed E-state index contributed by atoms with van der Waals surface area (Å²) < 4.78 is 0. The van der Waals surface area contributed by atoms with Gasteiger partial charge in [0.15, 0.2) is 6.10 Å². The summed E-state index contributed by atoms with van der Waals surface area (Å²) in [7, 11) is 0. The number of tetrazole rings is 1. The molecule has 0 saturated carbocycles. The average molecular weight is 291 g/mol. The van der Waals surface area contributed by atoms with E-state index >= 15 is 0 Å². The van der Waals surface area contributed by atoms with Gasteiger partial charge in [-0.3, -0.25) is 4.79 Å². The molecular formula is C12H13N5O4. The van der Waals surface area contributed by atoms with Crippen molar-refractivity contribution in [2.75, 3.05) is 6.54 Å². The summed E-state index contributed by atoms with van der Waals surface area (Å²) in [5.74, 6) is -1.24. The molecule has 2 rings (SSSR count). The molecule has 1 heterocycles. The predicted molar refractivity (Wildman–Crippen MR) is 70.2 cm³/mol. The van der Waals surface area contributed by atoms with Gasteiger partial charge in [-0.1, -0.05) is 12.1 Å². The number of nitrogens with zero attached hydrogens (tertiary/aromatic N) is 3. The third-order valence-corrected chi connectivity index (χ3v) is 2.74. The minimum atomic E-state index is -1.48. The molecule has 0 unspecified atom stereocenters. The molecule has 4 N–H and O–H groups in total. The molecule has 0 aliphatic carbocycles. The quantitative estimate of drug-likeness (QED) is 0.558. The number of aromatic nitrogens is 4. The molecule has 0 fully saturated rings. The van der Waals surface area contributed by atoms with Gasteiger partial charge in [0.05, 0.1) is 0 Å². The van der Waals surface area contributed by atoms with E-state index in [1.54, 1.807) is 24.3 Å². The van der Waals surface area contributed by atoms with Gasteiger partial charge < -0.3 is 15.5 Å². The second-order valence-electron chi connectivity index (χ2n) is 4.21. The van der Waals surface area contributed by atoms with Crippen molar-refractivity contribution in [3.63, 3.8) is 0 Å². The molecule has 0 aliphatic rings. The van der Waals surface area contributed by atoms with Crippen LogP contribution >= 0.6 is 0 Å². The van der Waals surface area contributed by atoms with Crippen molar-refractivity contribution < 1.29 is 19.8 Å². The predicted octanol–water partition coefficient (Wildman–Crippen LogP) is -0.568. The van der Waals surface area contributed by atoms with Gasteiger partial charge in [-0.2, -0.15) is 5.21 Å². The van der Waals surface area contributed by atoms with Crippen LogP contribution in [0, 0.1) is 0 Å². The fraction of sp³-hybridized carbons (Fsp3) is 0.250. The molecule has 110 valence electrons. The third kappa shape index (κ3) is 3.83. The van der Waals surface area contributed by atoms with E-state index < -0.39 is 12.1 Å². The molecule has 21 heavy (non-hydrogen) atoms. The lowest BCUT2D eigenvalue weighted by Gasteiger charge is -2.07. The summed E-state index contributed by atoms with van der Waals surface area (Å²) in [5.41, 5.74) is 1.12. The average Bonchev–Trinajstić information content (AvgIpc) is 3.01. The van der Waals surface area contributed by atoms with Crippen LogP contribution in [0.15, 0.2) is 24.3 Å². The first-order valence-electron chi connectivity index (χ1n) is 6.11. The fourth-order valence-corrected chi connectivity index (χ4v) is 1.60. The van der Waals surface area contributed by atoms with E-state index in [9.17, 15) is 9.59 Å². The Kier molecular flexibility index (Phi) is 4.57. The molecule has 0 spiro atoms. The SMILES string of the molecule is O=C(NCC[C@H](O)C(=O)O)c1ccc(-c2nn[nH]n2)cc1. The number of carbonyl (C=O) groups excluding carboxylic acids is 1. The van der Waals surface area contributed by atoms with E-state index in [2.05, 4.69) is 25.9 Å². The zero-order valence-corrected chi connectivity index (χ0v) is 10.9. The molecular weight excluding hydrogens is 278 g/mol. The number of rotatable bonds is 6. The Morgan fingerprint density at radius 1 is 1.29 bits per heavy atom. The summed E-state index contributed by atoms with van der Waals surface area (Å²) in [6, 6.07) is 6.53. The van der Waals surface area contributed by atoms with Crippen molar-refractivity contribution in [1.82, 2.24) is 25.9 Å². The van der Waals surface area contributed by atoms with E-state index in [1.165, 1.54) is 0 Å². The number of carbonyl (C=O) groups is 2. The van der Waals surface area contributed by atoms with Gasteiger partial charge in [0.25, 0.3) is 5.91 Å². The van der Waals surface area contributed by atoms with Crippen LogP contribution in [-0.2, 0) is 4.79 Å². The van der Waals surface area contributed by atoms with E-state index in [4.69, 9.17) is 10.2 Å². The van der Waals surface area contributed by atoms with Crippen LogP contribution in [0.5, 0.6) is 0 Å². The minimum Gasteiger partial charge on any atom is -0.479 e. The first kappa shape index (κ1) is 14.6. The Labute approximate surface area is 119 Å². The van der Waals surface area contributed by atoms with Crippen molar-refractivity contribution in [1.29, 1.82) is 0 Å². The number of hydrogen-bond donors (Lipinski definition) is 4. The molecule has 9 heteroatoms. The van der Waals surface area contributed by atoms with Crippen LogP contribution < -0.4 is 5.32 Å². The van der Waals surface area contributed by atoms with Crippen LogP contribution in [0.1, 0.15) is 16.8 Å².